The van der Waals surface area contributed by atoms with E-state index in [1.807, 2.05) is 54.6 Å². The molecule has 1 saturated carbocycles. The number of hydrogen-bond donors (Lipinski definition) is 2. The number of fused-ring (bicyclic) bond motifs is 3. The maximum Gasteiger partial charge on any atom is 0.407 e. The fraction of sp³-hybridized carbons (Fsp3) is 0.400. The first-order chi connectivity index (χ1) is 20.5. The van der Waals surface area contributed by atoms with E-state index >= 15 is 0 Å². The Kier molecular flexibility index (Phi) is 9.90. The van der Waals surface area contributed by atoms with E-state index in [1.54, 1.807) is 4.90 Å². The molecule has 2 N–H and O–H groups in total. The summed E-state index contributed by atoms with van der Waals surface area (Å²) in [6, 6.07) is 26.0. The fourth-order valence-electron chi connectivity index (χ4n) is 6.51. The standard InChI is InChI=1S/C35H40N2O5/c38-33(39)19-20-37(23-26-13-5-2-6-14-26)34(40)27(21-25-11-3-1-4-12-25)22-36-35(41)42-24-32-30-17-9-7-15-28(30)29-16-8-10-18-31(29)32/h2,5-10,13-18,25,27,32H,1,3-4,11-12,19-24H2,(H,36,41)(H,38,39). The van der Waals surface area contributed by atoms with Crippen LogP contribution in [-0.2, 0) is 20.9 Å². The molecule has 0 aliphatic heterocycles. The Balaban J connectivity index is 1.25. The molecule has 0 bridgehead atoms. The van der Waals surface area contributed by atoms with Gasteiger partial charge in [-0.1, -0.05) is 111 Å². The van der Waals surface area contributed by atoms with E-state index in [0.717, 1.165) is 42.4 Å². The van der Waals surface area contributed by atoms with Gasteiger partial charge in [0.25, 0.3) is 0 Å². The number of benzene rings is 3. The van der Waals surface area contributed by atoms with Crippen LogP contribution in [0.25, 0.3) is 11.1 Å². The predicted molar refractivity (Wildman–Crippen MR) is 162 cm³/mol. The summed E-state index contributed by atoms with van der Waals surface area (Å²) in [5.41, 5.74) is 5.57. The Morgan fingerprint density at radius 2 is 1.48 bits per heavy atom. The number of aliphatic carboxylic acids is 1. The predicted octanol–water partition coefficient (Wildman–Crippen LogP) is 6.62. The van der Waals surface area contributed by atoms with E-state index in [1.165, 1.54) is 17.5 Å². The number of nitrogens with zero attached hydrogens (tertiary/aromatic N) is 1. The number of carboxylic acid groups (broad SMARTS) is 1. The van der Waals surface area contributed by atoms with Crippen molar-refractivity contribution < 1.29 is 24.2 Å². The first kappa shape index (κ1) is 29.4. The minimum atomic E-state index is -0.943. The Bertz CT molecular complexity index is 1320. The summed E-state index contributed by atoms with van der Waals surface area (Å²) in [5.74, 6) is -1.15. The Morgan fingerprint density at radius 1 is 0.857 bits per heavy atom. The van der Waals surface area contributed by atoms with E-state index in [4.69, 9.17) is 4.74 Å². The fourth-order valence-corrected chi connectivity index (χ4v) is 6.51. The normalized spacial score (nSPS) is 15.3. The minimum absolute atomic E-state index is 0.0415. The first-order valence-corrected chi connectivity index (χ1v) is 15.1. The molecule has 2 aliphatic rings. The van der Waals surface area contributed by atoms with Gasteiger partial charge in [-0.2, -0.15) is 0 Å². The van der Waals surface area contributed by atoms with Gasteiger partial charge < -0.3 is 20.1 Å². The lowest BCUT2D eigenvalue weighted by Gasteiger charge is -2.31. The van der Waals surface area contributed by atoms with Crippen LogP contribution < -0.4 is 5.32 Å². The second-order valence-electron chi connectivity index (χ2n) is 11.5. The zero-order valence-corrected chi connectivity index (χ0v) is 24.0. The third-order valence-corrected chi connectivity index (χ3v) is 8.65. The van der Waals surface area contributed by atoms with Crippen molar-refractivity contribution >= 4 is 18.0 Å². The zero-order chi connectivity index (χ0) is 29.3. The SMILES string of the molecule is O=C(O)CCN(Cc1ccccc1)C(=O)C(CNC(=O)OCC1c2ccccc2-c2ccccc21)CC1CCCCC1. The Hall–Kier alpha value is -4.13. The molecule has 0 radical (unpaired) electrons. The average Bonchev–Trinajstić information content (AvgIpc) is 3.34. The zero-order valence-electron chi connectivity index (χ0n) is 24.0. The third-order valence-electron chi connectivity index (χ3n) is 8.65. The monoisotopic (exact) mass is 568 g/mol. The second-order valence-corrected chi connectivity index (χ2v) is 11.5. The van der Waals surface area contributed by atoms with Crippen molar-refractivity contribution in [3.8, 4) is 11.1 Å². The van der Waals surface area contributed by atoms with Crippen LogP contribution in [0.5, 0.6) is 0 Å². The second kappa shape index (κ2) is 14.2. The van der Waals surface area contributed by atoms with Gasteiger partial charge in [0.05, 0.1) is 12.3 Å². The van der Waals surface area contributed by atoms with Crippen molar-refractivity contribution in [3.63, 3.8) is 0 Å². The number of rotatable bonds is 12. The summed E-state index contributed by atoms with van der Waals surface area (Å²) in [6.45, 7) is 0.818. The lowest BCUT2D eigenvalue weighted by molar-refractivity contribution is -0.140. The molecule has 0 aromatic heterocycles. The van der Waals surface area contributed by atoms with Crippen LogP contribution in [0.2, 0.25) is 0 Å². The molecule has 1 unspecified atom stereocenters. The van der Waals surface area contributed by atoms with Crippen LogP contribution >= 0.6 is 0 Å². The molecular formula is C35H40N2O5. The van der Waals surface area contributed by atoms with Crippen molar-refractivity contribution in [2.24, 2.45) is 11.8 Å². The summed E-state index contributed by atoms with van der Waals surface area (Å²) in [6.07, 6.45) is 5.65. The summed E-state index contributed by atoms with van der Waals surface area (Å²) in [7, 11) is 0. The molecule has 3 aromatic rings. The minimum Gasteiger partial charge on any atom is -0.481 e. The van der Waals surface area contributed by atoms with Gasteiger partial charge in [0.2, 0.25) is 5.91 Å². The van der Waals surface area contributed by atoms with Gasteiger partial charge in [0.1, 0.15) is 6.61 Å². The summed E-state index contributed by atoms with van der Waals surface area (Å²) >= 11 is 0. The van der Waals surface area contributed by atoms with E-state index in [-0.39, 0.29) is 37.9 Å². The van der Waals surface area contributed by atoms with Gasteiger partial charge in [-0.15, -0.1) is 0 Å². The lowest BCUT2D eigenvalue weighted by Crippen LogP contribution is -2.43. The maximum atomic E-state index is 13.9. The highest BCUT2D eigenvalue weighted by molar-refractivity contribution is 5.81. The average molecular weight is 569 g/mol. The Morgan fingerprint density at radius 3 is 2.12 bits per heavy atom. The molecule has 0 spiro atoms. The molecule has 1 fully saturated rings. The van der Waals surface area contributed by atoms with E-state index in [9.17, 15) is 19.5 Å². The van der Waals surface area contributed by atoms with Crippen molar-refractivity contribution in [2.45, 2.75) is 57.4 Å². The number of amides is 2. The summed E-state index contributed by atoms with van der Waals surface area (Å²) in [5, 5.41) is 12.2. The number of nitrogens with one attached hydrogen (secondary N) is 1. The molecule has 7 heteroatoms. The quantitative estimate of drug-likeness (QED) is 0.256. The largest absolute Gasteiger partial charge is 0.481 e. The van der Waals surface area contributed by atoms with Crippen LogP contribution in [0, 0.1) is 11.8 Å². The molecule has 42 heavy (non-hydrogen) atoms. The molecular weight excluding hydrogens is 528 g/mol. The number of hydrogen-bond acceptors (Lipinski definition) is 4. The molecule has 5 rings (SSSR count). The number of carboxylic acids is 1. The number of carbonyl (C=O) groups is 3. The molecule has 2 aliphatic carbocycles. The molecule has 3 aromatic carbocycles. The maximum absolute atomic E-state index is 13.9. The highest BCUT2D eigenvalue weighted by atomic mass is 16.5. The number of alkyl carbamates (subject to hydrolysis) is 1. The third kappa shape index (κ3) is 7.38. The van der Waals surface area contributed by atoms with Crippen molar-refractivity contribution in [1.82, 2.24) is 10.2 Å². The van der Waals surface area contributed by atoms with E-state index in [2.05, 4.69) is 29.6 Å². The van der Waals surface area contributed by atoms with Crippen LogP contribution in [0.1, 0.15) is 67.6 Å². The van der Waals surface area contributed by atoms with Gasteiger partial charge in [0.15, 0.2) is 0 Å². The molecule has 0 heterocycles. The summed E-state index contributed by atoms with van der Waals surface area (Å²) in [4.78, 5) is 40.0. The van der Waals surface area contributed by atoms with Crippen molar-refractivity contribution in [3.05, 3.63) is 95.6 Å². The number of ether oxygens (including phenoxy) is 1. The van der Waals surface area contributed by atoms with Gasteiger partial charge in [-0.25, -0.2) is 4.79 Å². The highest BCUT2D eigenvalue weighted by Gasteiger charge is 2.31. The molecule has 0 saturated heterocycles. The van der Waals surface area contributed by atoms with Crippen LogP contribution in [0.3, 0.4) is 0 Å². The molecule has 2 amide bonds. The van der Waals surface area contributed by atoms with Gasteiger partial charge >= 0.3 is 12.1 Å². The highest BCUT2D eigenvalue weighted by Crippen LogP contribution is 2.44. The smallest absolute Gasteiger partial charge is 0.407 e. The van der Waals surface area contributed by atoms with Crippen molar-refractivity contribution in [2.75, 3.05) is 19.7 Å². The molecule has 7 nitrogen and oxygen atoms in total. The van der Waals surface area contributed by atoms with Gasteiger partial charge in [-0.3, -0.25) is 9.59 Å². The van der Waals surface area contributed by atoms with Gasteiger partial charge in [0, 0.05) is 25.6 Å². The van der Waals surface area contributed by atoms with Crippen LogP contribution in [0.4, 0.5) is 4.79 Å². The van der Waals surface area contributed by atoms with E-state index in [0.29, 0.717) is 18.9 Å². The topological polar surface area (TPSA) is 95.9 Å². The lowest BCUT2D eigenvalue weighted by atomic mass is 9.82. The van der Waals surface area contributed by atoms with Gasteiger partial charge in [-0.05, 0) is 40.2 Å². The number of carbonyl (C=O) groups excluding carboxylic acids is 2. The van der Waals surface area contributed by atoms with Crippen LogP contribution in [-0.4, -0.2) is 47.7 Å². The van der Waals surface area contributed by atoms with E-state index < -0.39 is 18.0 Å². The molecule has 220 valence electrons. The summed E-state index contributed by atoms with van der Waals surface area (Å²) < 4.78 is 5.74. The van der Waals surface area contributed by atoms with Crippen molar-refractivity contribution in [1.29, 1.82) is 0 Å². The Labute approximate surface area is 247 Å². The molecule has 1 atom stereocenters. The first-order valence-electron chi connectivity index (χ1n) is 15.1. The van der Waals surface area contributed by atoms with Crippen LogP contribution in [0.15, 0.2) is 78.9 Å².